The Morgan fingerprint density at radius 1 is 1.10 bits per heavy atom. The highest BCUT2D eigenvalue weighted by Crippen LogP contribution is 2.32. The van der Waals surface area contributed by atoms with Crippen LogP contribution < -0.4 is 10.1 Å². The zero-order valence-corrected chi connectivity index (χ0v) is 13.4. The number of benzene rings is 1. The highest BCUT2D eigenvalue weighted by atomic mass is 16.5. The molecule has 112 valence electrons. The van der Waals surface area contributed by atoms with Crippen LogP contribution in [-0.2, 0) is 6.42 Å². The summed E-state index contributed by atoms with van der Waals surface area (Å²) in [7, 11) is 0. The fourth-order valence-corrected chi connectivity index (χ4v) is 3.45. The predicted octanol–water partition coefficient (Wildman–Crippen LogP) is 4.04. The molecule has 1 saturated carbocycles. The van der Waals surface area contributed by atoms with E-state index in [9.17, 15) is 0 Å². The van der Waals surface area contributed by atoms with Gasteiger partial charge in [-0.3, -0.25) is 0 Å². The quantitative estimate of drug-likeness (QED) is 0.875. The molecule has 0 aliphatic heterocycles. The number of nitrogens with one attached hydrogen (secondary N) is 1. The summed E-state index contributed by atoms with van der Waals surface area (Å²) in [5.74, 6) is 2.40. The van der Waals surface area contributed by atoms with Gasteiger partial charge in [0, 0.05) is 6.04 Å². The summed E-state index contributed by atoms with van der Waals surface area (Å²) in [6, 6.07) is 9.06. The van der Waals surface area contributed by atoms with Gasteiger partial charge in [-0.05, 0) is 55.3 Å². The molecule has 0 saturated heterocycles. The van der Waals surface area contributed by atoms with E-state index >= 15 is 0 Å². The van der Waals surface area contributed by atoms with E-state index in [1.54, 1.807) is 0 Å². The number of hydrogen-bond acceptors (Lipinski definition) is 2. The van der Waals surface area contributed by atoms with Gasteiger partial charge in [0.25, 0.3) is 0 Å². The molecule has 1 aromatic carbocycles. The lowest BCUT2D eigenvalue weighted by molar-refractivity contribution is 0.0483. The smallest absolute Gasteiger partial charge is 0.119 e. The first kappa shape index (κ1) is 15.4. The molecule has 0 amide bonds. The minimum Gasteiger partial charge on any atom is -0.489 e. The van der Waals surface area contributed by atoms with Crippen molar-refractivity contribution in [2.24, 2.45) is 11.8 Å². The average molecular weight is 275 g/mol. The molecule has 1 aliphatic rings. The Bertz CT molecular complexity index is 400. The summed E-state index contributed by atoms with van der Waals surface area (Å²) in [4.78, 5) is 0. The van der Waals surface area contributed by atoms with Gasteiger partial charge in [-0.1, -0.05) is 39.8 Å². The number of hydrogen-bond donors (Lipinski definition) is 1. The number of aryl methyl sites for hydroxylation is 1. The lowest BCUT2D eigenvalue weighted by Gasteiger charge is -2.40. The third-order valence-corrected chi connectivity index (χ3v) is 4.46. The van der Waals surface area contributed by atoms with Crippen LogP contribution in [0, 0.1) is 11.8 Å². The zero-order valence-electron chi connectivity index (χ0n) is 13.4. The molecular weight excluding hydrogens is 246 g/mol. The Kier molecular flexibility index (Phi) is 5.47. The predicted molar refractivity (Wildman–Crippen MR) is 85.3 cm³/mol. The largest absolute Gasteiger partial charge is 0.489 e. The topological polar surface area (TPSA) is 21.3 Å². The van der Waals surface area contributed by atoms with Gasteiger partial charge in [0.15, 0.2) is 0 Å². The molecule has 4 unspecified atom stereocenters. The highest BCUT2D eigenvalue weighted by Gasteiger charge is 2.35. The zero-order chi connectivity index (χ0) is 14.5. The van der Waals surface area contributed by atoms with Gasteiger partial charge in [-0.2, -0.15) is 0 Å². The van der Waals surface area contributed by atoms with Crippen LogP contribution in [0.4, 0.5) is 0 Å². The molecule has 0 aromatic heterocycles. The van der Waals surface area contributed by atoms with Crippen molar-refractivity contribution >= 4 is 0 Å². The van der Waals surface area contributed by atoms with Gasteiger partial charge < -0.3 is 10.1 Å². The van der Waals surface area contributed by atoms with E-state index in [-0.39, 0.29) is 0 Å². The Balaban J connectivity index is 2.06. The monoisotopic (exact) mass is 275 g/mol. The molecule has 0 radical (unpaired) electrons. The van der Waals surface area contributed by atoms with E-state index in [1.807, 2.05) is 0 Å². The molecule has 0 spiro atoms. The fourth-order valence-electron chi connectivity index (χ4n) is 3.45. The van der Waals surface area contributed by atoms with Gasteiger partial charge in [0.05, 0.1) is 0 Å². The average Bonchev–Trinajstić information content (AvgIpc) is 2.43. The maximum Gasteiger partial charge on any atom is 0.119 e. The maximum atomic E-state index is 6.32. The van der Waals surface area contributed by atoms with E-state index < -0.39 is 0 Å². The van der Waals surface area contributed by atoms with Crippen LogP contribution in [0.15, 0.2) is 24.3 Å². The van der Waals surface area contributed by atoms with Crippen molar-refractivity contribution in [3.8, 4) is 5.75 Å². The van der Waals surface area contributed by atoms with Crippen LogP contribution in [0.25, 0.3) is 0 Å². The van der Waals surface area contributed by atoms with Crippen molar-refractivity contribution in [1.29, 1.82) is 0 Å². The minimum absolute atomic E-state index is 0.290. The lowest BCUT2D eigenvalue weighted by atomic mass is 9.78. The summed E-state index contributed by atoms with van der Waals surface area (Å²) >= 11 is 0. The third-order valence-electron chi connectivity index (χ3n) is 4.46. The number of rotatable bonds is 5. The van der Waals surface area contributed by atoms with Crippen molar-refractivity contribution in [2.75, 3.05) is 6.54 Å². The Hall–Kier alpha value is -1.02. The third kappa shape index (κ3) is 3.76. The van der Waals surface area contributed by atoms with Crippen LogP contribution in [0.5, 0.6) is 5.75 Å². The summed E-state index contributed by atoms with van der Waals surface area (Å²) in [5, 5.41) is 3.61. The van der Waals surface area contributed by atoms with Gasteiger partial charge >= 0.3 is 0 Å². The molecule has 2 nitrogen and oxygen atoms in total. The first-order valence-electron chi connectivity index (χ1n) is 8.13. The Labute approximate surface area is 123 Å². The second kappa shape index (κ2) is 7.12. The molecule has 2 rings (SSSR count). The van der Waals surface area contributed by atoms with Gasteiger partial charge in [0.2, 0.25) is 0 Å². The van der Waals surface area contributed by atoms with E-state index in [1.165, 1.54) is 18.4 Å². The minimum atomic E-state index is 0.290. The van der Waals surface area contributed by atoms with E-state index in [2.05, 4.69) is 57.3 Å². The molecule has 0 bridgehead atoms. The second-order valence-corrected chi connectivity index (χ2v) is 6.30. The molecule has 1 aliphatic carbocycles. The molecule has 4 atom stereocenters. The summed E-state index contributed by atoms with van der Waals surface area (Å²) in [6.07, 6.45) is 3.85. The van der Waals surface area contributed by atoms with Crippen molar-refractivity contribution in [2.45, 2.75) is 59.1 Å². The van der Waals surface area contributed by atoms with Crippen LogP contribution in [0.3, 0.4) is 0 Å². The van der Waals surface area contributed by atoms with E-state index in [0.717, 1.165) is 24.6 Å². The summed E-state index contributed by atoms with van der Waals surface area (Å²) < 4.78 is 6.32. The van der Waals surface area contributed by atoms with Gasteiger partial charge in [-0.25, -0.2) is 0 Å². The molecule has 0 heterocycles. The van der Waals surface area contributed by atoms with Gasteiger partial charge in [-0.15, -0.1) is 0 Å². The SMILES string of the molecule is CCNC1CC(C)CC(C)C1Oc1ccc(CC)cc1. The van der Waals surface area contributed by atoms with Gasteiger partial charge in [0.1, 0.15) is 11.9 Å². The maximum absolute atomic E-state index is 6.32. The standard InChI is InChI=1S/C18H29NO/c1-5-15-7-9-16(10-8-15)20-18-14(4)11-13(3)12-17(18)19-6-2/h7-10,13-14,17-19H,5-6,11-12H2,1-4H3. The van der Waals surface area contributed by atoms with Crippen molar-refractivity contribution in [1.82, 2.24) is 5.32 Å². The van der Waals surface area contributed by atoms with Crippen LogP contribution in [0.2, 0.25) is 0 Å². The van der Waals surface area contributed by atoms with Crippen molar-refractivity contribution in [3.05, 3.63) is 29.8 Å². The van der Waals surface area contributed by atoms with Crippen LogP contribution in [-0.4, -0.2) is 18.7 Å². The van der Waals surface area contributed by atoms with Crippen LogP contribution in [0.1, 0.15) is 46.1 Å². The van der Waals surface area contributed by atoms with Crippen molar-refractivity contribution in [3.63, 3.8) is 0 Å². The molecule has 1 N–H and O–H groups in total. The summed E-state index contributed by atoms with van der Waals surface area (Å²) in [5.41, 5.74) is 1.37. The van der Waals surface area contributed by atoms with Crippen molar-refractivity contribution < 1.29 is 4.74 Å². The molecule has 1 aromatic rings. The molecule has 1 fully saturated rings. The normalized spacial score (nSPS) is 30.2. The molecule has 20 heavy (non-hydrogen) atoms. The Morgan fingerprint density at radius 3 is 2.40 bits per heavy atom. The first-order chi connectivity index (χ1) is 9.63. The van der Waals surface area contributed by atoms with E-state index in [0.29, 0.717) is 18.1 Å². The number of ether oxygens (including phenoxy) is 1. The van der Waals surface area contributed by atoms with E-state index in [4.69, 9.17) is 4.74 Å². The molecular formula is C18H29NO. The molecule has 2 heteroatoms. The second-order valence-electron chi connectivity index (χ2n) is 6.30. The number of likely N-dealkylation sites (N-methyl/N-ethyl adjacent to an activating group) is 1. The fraction of sp³-hybridized carbons (Fsp3) is 0.667. The lowest BCUT2D eigenvalue weighted by Crippen LogP contribution is -2.50. The highest BCUT2D eigenvalue weighted by molar-refractivity contribution is 5.27. The van der Waals surface area contributed by atoms with Crippen LogP contribution >= 0.6 is 0 Å². The first-order valence-corrected chi connectivity index (χ1v) is 8.13. The Morgan fingerprint density at radius 2 is 1.80 bits per heavy atom. The summed E-state index contributed by atoms with van der Waals surface area (Å²) in [6.45, 7) is 10.1.